The van der Waals surface area contributed by atoms with Gasteiger partial charge in [0, 0.05) is 12.1 Å². The van der Waals surface area contributed by atoms with Gasteiger partial charge in [-0.05, 0) is 38.1 Å². The minimum atomic E-state index is 0.438. The standard InChI is InChI=1S/C12H14N4O/c17-8-10-2-1-7-16-11(14-15-12(10)16)9-3-5-13-6-4-9/h1-2,7-9,13H,3-6H2. The van der Waals surface area contributed by atoms with Crippen molar-refractivity contribution in [3.05, 3.63) is 29.7 Å². The van der Waals surface area contributed by atoms with Crippen molar-refractivity contribution in [2.45, 2.75) is 18.8 Å². The van der Waals surface area contributed by atoms with Crippen molar-refractivity contribution in [2.75, 3.05) is 13.1 Å². The van der Waals surface area contributed by atoms with Crippen molar-refractivity contribution in [1.82, 2.24) is 19.9 Å². The van der Waals surface area contributed by atoms with Gasteiger partial charge in [0.05, 0.1) is 5.56 Å². The van der Waals surface area contributed by atoms with Gasteiger partial charge in [-0.1, -0.05) is 0 Å². The molecule has 1 aliphatic rings. The van der Waals surface area contributed by atoms with Crippen LogP contribution in [0.2, 0.25) is 0 Å². The first kappa shape index (κ1) is 10.4. The highest BCUT2D eigenvalue weighted by atomic mass is 16.1. The normalized spacial score (nSPS) is 17.4. The number of nitrogens with zero attached hydrogens (tertiary/aromatic N) is 3. The van der Waals surface area contributed by atoms with Gasteiger partial charge < -0.3 is 5.32 Å². The van der Waals surface area contributed by atoms with Crippen molar-refractivity contribution in [3.63, 3.8) is 0 Å². The van der Waals surface area contributed by atoms with Crippen LogP contribution in [0.3, 0.4) is 0 Å². The summed E-state index contributed by atoms with van der Waals surface area (Å²) in [6, 6.07) is 3.63. The van der Waals surface area contributed by atoms with Crippen LogP contribution in [0.1, 0.15) is 34.9 Å². The van der Waals surface area contributed by atoms with Crippen molar-refractivity contribution < 1.29 is 4.79 Å². The zero-order chi connectivity index (χ0) is 11.7. The first-order valence-corrected chi connectivity index (χ1v) is 5.89. The Morgan fingerprint density at radius 3 is 2.94 bits per heavy atom. The van der Waals surface area contributed by atoms with Gasteiger partial charge in [-0.15, -0.1) is 10.2 Å². The summed E-state index contributed by atoms with van der Waals surface area (Å²) in [5.41, 5.74) is 1.26. The van der Waals surface area contributed by atoms with Gasteiger partial charge in [-0.3, -0.25) is 9.20 Å². The highest BCUT2D eigenvalue weighted by Gasteiger charge is 2.21. The Hall–Kier alpha value is -1.75. The van der Waals surface area contributed by atoms with E-state index in [-0.39, 0.29) is 0 Å². The van der Waals surface area contributed by atoms with Gasteiger partial charge in [0.15, 0.2) is 11.9 Å². The third-order valence-electron chi connectivity index (χ3n) is 3.32. The maximum absolute atomic E-state index is 10.9. The average molecular weight is 230 g/mol. The zero-order valence-corrected chi connectivity index (χ0v) is 9.47. The Balaban J connectivity index is 2.08. The zero-order valence-electron chi connectivity index (χ0n) is 9.47. The first-order valence-electron chi connectivity index (χ1n) is 5.89. The number of hydrogen-bond donors (Lipinski definition) is 1. The van der Waals surface area contributed by atoms with Gasteiger partial charge >= 0.3 is 0 Å². The molecule has 88 valence electrons. The molecule has 0 aliphatic carbocycles. The molecule has 1 aliphatic heterocycles. The van der Waals surface area contributed by atoms with Crippen LogP contribution in [0.15, 0.2) is 18.3 Å². The number of aromatic nitrogens is 3. The molecule has 0 bridgehead atoms. The lowest BCUT2D eigenvalue weighted by molar-refractivity contribution is 0.112. The van der Waals surface area contributed by atoms with Crippen LogP contribution in [0.5, 0.6) is 0 Å². The number of nitrogens with one attached hydrogen (secondary N) is 1. The van der Waals surface area contributed by atoms with Crippen molar-refractivity contribution in [1.29, 1.82) is 0 Å². The maximum atomic E-state index is 10.9. The number of hydrogen-bond acceptors (Lipinski definition) is 4. The van der Waals surface area contributed by atoms with E-state index in [0.717, 1.165) is 38.0 Å². The largest absolute Gasteiger partial charge is 0.317 e. The maximum Gasteiger partial charge on any atom is 0.171 e. The number of fused-ring (bicyclic) bond motifs is 1. The van der Waals surface area contributed by atoms with E-state index in [1.54, 1.807) is 6.07 Å². The molecule has 17 heavy (non-hydrogen) atoms. The number of carbonyl (C=O) groups is 1. The molecule has 0 aromatic carbocycles. The predicted molar refractivity (Wildman–Crippen MR) is 63.2 cm³/mol. The number of carbonyl (C=O) groups excluding carboxylic acids is 1. The third-order valence-corrected chi connectivity index (χ3v) is 3.32. The molecule has 1 fully saturated rings. The van der Waals surface area contributed by atoms with E-state index >= 15 is 0 Å². The van der Waals surface area contributed by atoms with Crippen LogP contribution in [0, 0.1) is 0 Å². The van der Waals surface area contributed by atoms with E-state index in [9.17, 15) is 4.79 Å². The van der Waals surface area contributed by atoms with Crippen LogP contribution in [0.4, 0.5) is 0 Å². The van der Waals surface area contributed by atoms with Crippen molar-refractivity contribution in [2.24, 2.45) is 0 Å². The van der Waals surface area contributed by atoms with Gasteiger partial charge in [-0.25, -0.2) is 0 Å². The summed E-state index contributed by atoms with van der Waals surface area (Å²) in [6.07, 6.45) is 4.91. The molecule has 2 aromatic rings. The van der Waals surface area contributed by atoms with E-state index in [0.29, 0.717) is 17.1 Å². The second-order valence-corrected chi connectivity index (χ2v) is 4.36. The van der Waals surface area contributed by atoms with E-state index in [1.807, 2.05) is 16.7 Å². The highest BCUT2D eigenvalue weighted by molar-refractivity contribution is 5.83. The molecule has 0 amide bonds. The van der Waals surface area contributed by atoms with Gasteiger partial charge in [0.1, 0.15) is 5.82 Å². The van der Waals surface area contributed by atoms with Crippen LogP contribution < -0.4 is 5.32 Å². The van der Waals surface area contributed by atoms with E-state index in [2.05, 4.69) is 15.5 Å². The lowest BCUT2D eigenvalue weighted by Gasteiger charge is -2.20. The first-order chi connectivity index (χ1) is 8.40. The fourth-order valence-electron chi connectivity index (χ4n) is 2.41. The van der Waals surface area contributed by atoms with Crippen molar-refractivity contribution in [3.8, 4) is 0 Å². The fourth-order valence-corrected chi connectivity index (χ4v) is 2.41. The summed E-state index contributed by atoms with van der Waals surface area (Å²) in [4.78, 5) is 10.9. The molecular formula is C12H14N4O. The molecule has 1 saturated heterocycles. The number of rotatable bonds is 2. The van der Waals surface area contributed by atoms with E-state index in [1.165, 1.54) is 0 Å². The topological polar surface area (TPSA) is 59.3 Å². The molecule has 0 radical (unpaired) electrons. The minimum absolute atomic E-state index is 0.438. The number of pyridine rings is 1. The molecule has 0 saturated carbocycles. The lowest BCUT2D eigenvalue weighted by Crippen LogP contribution is -2.27. The Kier molecular flexibility index (Phi) is 2.60. The summed E-state index contributed by atoms with van der Waals surface area (Å²) >= 11 is 0. The molecular weight excluding hydrogens is 216 g/mol. The monoisotopic (exact) mass is 230 g/mol. The summed E-state index contributed by atoms with van der Waals surface area (Å²) in [6.45, 7) is 2.04. The Bertz CT molecular complexity index is 542. The van der Waals surface area contributed by atoms with Gasteiger partial charge in [0.2, 0.25) is 0 Å². The van der Waals surface area contributed by atoms with Gasteiger partial charge in [0.25, 0.3) is 0 Å². The number of piperidine rings is 1. The molecule has 3 rings (SSSR count). The SMILES string of the molecule is O=Cc1cccn2c(C3CCNCC3)nnc12. The highest BCUT2D eigenvalue weighted by Crippen LogP contribution is 2.24. The van der Waals surface area contributed by atoms with Crippen LogP contribution >= 0.6 is 0 Å². The molecule has 0 spiro atoms. The predicted octanol–water partition coefficient (Wildman–Crippen LogP) is 1.01. The van der Waals surface area contributed by atoms with Crippen LogP contribution in [0.25, 0.3) is 5.65 Å². The molecule has 5 heteroatoms. The third kappa shape index (κ3) is 1.72. The lowest BCUT2D eigenvalue weighted by atomic mass is 9.97. The molecule has 1 N–H and O–H groups in total. The molecule has 0 atom stereocenters. The smallest absolute Gasteiger partial charge is 0.171 e. The van der Waals surface area contributed by atoms with Crippen LogP contribution in [-0.4, -0.2) is 34.0 Å². The molecule has 3 heterocycles. The van der Waals surface area contributed by atoms with Gasteiger partial charge in [-0.2, -0.15) is 0 Å². The quantitative estimate of drug-likeness (QED) is 0.782. The Labute approximate surface area is 98.9 Å². The second kappa shape index (κ2) is 4.25. The summed E-state index contributed by atoms with van der Waals surface area (Å²) in [5, 5.41) is 11.7. The summed E-state index contributed by atoms with van der Waals surface area (Å²) < 4.78 is 1.94. The summed E-state index contributed by atoms with van der Waals surface area (Å²) in [5.74, 6) is 1.42. The minimum Gasteiger partial charge on any atom is -0.317 e. The molecule has 2 aromatic heterocycles. The van der Waals surface area contributed by atoms with E-state index < -0.39 is 0 Å². The molecule has 5 nitrogen and oxygen atoms in total. The van der Waals surface area contributed by atoms with Crippen molar-refractivity contribution >= 4 is 11.9 Å². The number of aldehydes is 1. The Morgan fingerprint density at radius 2 is 2.18 bits per heavy atom. The Morgan fingerprint density at radius 1 is 1.35 bits per heavy atom. The molecule has 0 unspecified atom stereocenters. The van der Waals surface area contributed by atoms with Crippen LogP contribution in [-0.2, 0) is 0 Å². The summed E-state index contributed by atoms with van der Waals surface area (Å²) in [7, 11) is 0. The van der Waals surface area contributed by atoms with E-state index in [4.69, 9.17) is 0 Å². The second-order valence-electron chi connectivity index (χ2n) is 4.36. The fraction of sp³-hybridized carbons (Fsp3) is 0.417. The average Bonchev–Trinajstić information content (AvgIpc) is 2.83.